The van der Waals surface area contributed by atoms with Gasteiger partial charge >= 0.3 is 0 Å². The lowest BCUT2D eigenvalue weighted by Gasteiger charge is -2.20. The van der Waals surface area contributed by atoms with Crippen LogP contribution in [0.4, 0.5) is 0 Å². The first-order valence-corrected chi connectivity index (χ1v) is 10.9. The average molecular weight is 458 g/mol. The van der Waals surface area contributed by atoms with Crippen LogP contribution in [0.3, 0.4) is 0 Å². The zero-order valence-corrected chi connectivity index (χ0v) is 19.4. The number of imidazole rings is 1. The van der Waals surface area contributed by atoms with Crippen molar-refractivity contribution >= 4 is 5.91 Å². The topological polar surface area (TPSA) is 74.6 Å². The third kappa shape index (κ3) is 5.20. The van der Waals surface area contributed by atoms with E-state index in [0.717, 1.165) is 16.9 Å². The van der Waals surface area contributed by atoms with Gasteiger partial charge in [0.05, 0.1) is 14.2 Å². The molecule has 0 saturated carbocycles. The normalized spacial score (nSPS) is 11.5. The SMILES string of the molecule is COc1ccc([C@@H](NC(=O)c2ccc(OCc3ccccc3)c(OC)c2)c2nccn2C)cc1. The predicted molar refractivity (Wildman–Crippen MR) is 129 cm³/mol. The Morgan fingerprint density at radius 3 is 2.38 bits per heavy atom. The van der Waals surface area contributed by atoms with Gasteiger partial charge in [0.2, 0.25) is 0 Å². The summed E-state index contributed by atoms with van der Waals surface area (Å²) in [6.07, 6.45) is 3.56. The van der Waals surface area contributed by atoms with Gasteiger partial charge in [-0.25, -0.2) is 4.98 Å². The number of benzene rings is 3. The van der Waals surface area contributed by atoms with E-state index in [1.807, 2.05) is 72.4 Å². The number of hydrogen-bond acceptors (Lipinski definition) is 5. The number of aryl methyl sites for hydroxylation is 1. The largest absolute Gasteiger partial charge is 0.497 e. The maximum absolute atomic E-state index is 13.2. The highest BCUT2D eigenvalue weighted by Gasteiger charge is 2.22. The molecule has 1 N–H and O–H groups in total. The Hall–Kier alpha value is -4.26. The van der Waals surface area contributed by atoms with Crippen LogP contribution < -0.4 is 19.5 Å². The van der Waals surface area contributed by atoms with E-state index >= 15 is 0 Å². The minimum Gasteiger partial charge on any atom is -0.497 e. The van der Waals surface area contributed by atoms with Crippen molar-refractivity contribution in [2.75, 3.05) is 14.2 Å². The number of rotatable bonds is 9. The van der Waals surface area contributed by atoms with Gasteiger partial charge < -0.3 is 24.1 Å². The molecule has 0 bridgehead atoms. The minimum atomic E-state index is -0.446. The smallest absolute Gasteiger partial charge is 0.252 e. The van der Waals surface area contributed by atoms with Crippen LogP contribution in [0.1, 0.15) is 33.4 Å². The average Bonchev–Trinajstić information content (AvgIpc) is 3.31. The van der Waals surface area contributed by atoms with Crippen molar-refractivity contribution in [3.05, 3.63) is 108 Å². The summed E-state index contributed by atoms with van der Waals surface area (Å²) in [6, 6.07) is 22.1. The van der Waals surface area contributed by atoms with E-state index in [1.165, 1.54) is 0 Å². The van der Waals surface area contributed by atoms with E-state index in [9.17, 15) is 4.79 Å². The summed E-state index contributed by atoms with van der Waals surface area (Å²) in [6.45, 7) is 0.404. The van der Waals surface area contributed by atoms with E-state index in [0.29, 0.717) is 29.5 Å². The maximum Gasteiger partial charge on any atom is 0.252 e. The molecule has 0 fully saturated rings. The first kappa shape index (κ1) is 22.9. The van der Waals surface area contributed by atoms with Crippen molar-refractivity contribution in [3.63, 3.8) is 0 Å². The number of nitrogens with one attached hydrogen (secondary N) is 1. The Morgan fingerprint density at radius 1 is 0.971 bits per heavy atom. The molecular formula is C27H27N3O4. The number of methoxy groups -OCH3 is 2. The molecule has 0 aliphatic rings. The Morgan fingerprint density at radius 2 is 1.74 bits per heavy atom. The van der Waals surface area contributed by atoms with Gasteiger partial charge in [0.25, 0.3) is 5.91 Å². The lowest BCUT2D eigenvalue weighted by Crippen LogP contribution is -2.31. The van der Waals surface area contributed by atoms with Crippen molar-refractivity contribution < 1.29 is 19.0 Å². The Labute approximate surface area is 198 Å². The summed E-state index contributed by atoms with van der Waals surface area (Å²) in [5, 5.41) is 3.10. The molecule has 1 aromatic heterocycles. The van der Waals surface area contributed by atoms with Crippen molar-refractivity contribution in [1.82, 2.24) is 14.9 Å². The highest BCUT2D eigenvalue weighted by atomic mass is 16.5. The molecule has 4 rings (SSSR count). The van der Waals surface area contributed by atoms with Crippen molar-refractivity contribution in [1.29, 1.82) is 0 Å². The van der Waals surface area contributed by atoms with E-state index < -0.39 is 6.04 Å². The molecule has 0 unspecified atom stereocenters. The predicted octanol–water partition coefficient (Wildman–Crippen LogP) is 4.54. The lowest BCUT2D eigenvalue weighted by molar-refractivity contribution is 0.0940. The van der Waals surface area contributed by atoms with Gasteiger partial charge in [0, 0.05) is 25.0 Å². The molecule has 1 heterocycles. The quantitative estimate of drug-likeness (QED) is 0.400. The number of ether oxygens (including phenoxy) is 3. The number of carbonyl (C=O) groups excluding carboxylic acids is 1. The molecule has 0 radical (unpaired) electrons. The molecule has 7 heteroatoms. The molecule has 4 aromatic rings. The minimum absolute atomic E-state index is 0.253. The Bertz CT molecular complexity index is 1240. The second-order valence-corrected chi connectivity index (χ2v) is 7.72. The third-order valence-electron chi connectivity index (χ3n) is 5.50. The molecule has 1 amide bonds. The fourth-order valence-corrected chi connectivity index (χ4v) is 3.63. The highest BCUT2D eigenvalue weighted by Crippen LogP contribution is 2.30. The highest BCUT2D eigenvalue weighted by molar-refractivity contribution is 5.95. The van der Waals surface area contributed by atoms with Crippen LogP contribution in [0.5, 0.6) is 17.2 Å². The van der Waals surface area contributed by atoms with E-state index in [2.05, 4.69) is 10.3 Å². The molecule has 34 heavy (non-hydrogen) atoms. The molecule has 174 valence electrons. The summed E-state index contributed by atoms with van der Waals surface area (Å²) in [7, 11) is 5.07. The number of nitrogens with zero attached hydrogens (tertiary/aromatic N) is 2. The zero-order chi connectivity index (χ0) is 23.9. The molecule has 0 aliphatic heterocycles. The van der Waals surface area contributed by atoms with Gasteiger partial charge in [-0.1, -0.05) is 42.5 Å². The summed E-state index contributed by atoms with van der Waals surface area (Å²) in [4.78, 5) is 17.7. The molecule has 0 spiro atoms. The summed E-state index contributed by atoms with van der Waals surface area (Å²) in [5.41, 5.74) is 2.39. The number of aromatic nitrogens is 2. The van der Waals surface area contributed by atoms with Crippen LogP contribution >= 0.6 is 0 Å². The van der Waals surface area contributed by atoms with Crippen LogP contribution in [0.25, 0.3) is 0 Å². The van der Waals surface area contributed by atoms with Crippen molar-refractivity contribution in [2.45, 2.75) is 12.6 Å². The first-order valence-electron chi connectivity index (χ1n) is 10.9. The summed E-state index contributed by atoms with van der Waals surface area (Å²) in [5.74, 6) is 2.26. The lowest BCUT2D eigenvalue weighted by atomic mass is 10.0. The van der Waals surface area contributed by atoms with Gasteiger partial charge in [-0.2, -0.15) is 0 Å². The van der Waals surface area contributed by atoms with Gasteiger partial charge in [0.15, 0.2) is 11.5 Å². The second-order valence-electron chi connectivity index (χ2n) is 7.72. The van der Waals surface area contributed by atoms with E-state index in [1.54, 1.807) is 38.6 Å². The molecule has 0 aliphatic carbocycles. The van der Waals surface area contributed by atoms with Crippen LogP contribution in [-0.4, -0.2) is 29.7 Å². The Balaban J connectivity index is 1.55. The van der Waals surface area contributed by atoms with Crippen LogP contribution in [-0.2, 0) is 13.7 Å². The fourth-order valence-electron chi connectivity index (χ4n) is 3.63. The number of carbonyl (C=O) groups is 1. The summed E-state index contributed by atoms with van der Waals surface area (Å²) >= 11 is 0. The molecule has 3 aromatic carbocycles. The number of hydrogen-bond donors (Lipinski definition) is 1. The van der Waals surface area contributed by atoms with Crippen LogP contribution in [0.2, 0.25) is 0 Å². The Kier molecular flexibility index (Phi) is 7.13. The molecule has 1 atom stereocenters. The van der Waals surface area contributed by atoms with Gasteiger partial charge in [-0.3, -0.25) is 4.79 Å². The fraction of sp³-hybridized carbons (Fsp3) is 0.185. The third-order valence-corrected chi connectivity index (χ3v) is 5.50. The van der Waals surface area contributed by atoms with Crippen LogP contribution in [0, 0.1) is 0 Å². The number of amides is 1. The summed E-state index contributed by atoms with van der Waals surface area (Å²) < 4.78 is 18.6. The van der Waals surface area contributed by atoms with Crippen LogP contribution in [0.15, 0.2) is 85.2 Å². The van der Waals surface area contributed by atoms with Crippen molar-refractivity contribution in [3.8, 4) is 17.2 Å². The maximum atomic E-state index is 13.2. The van der Waals surface area contributed by atoms with E-state index in [4.69, 9.17) is 14.2 Å². The van der Waals surface area contributed by atoms with Gasteiger partial charge in [-0.15, -0.1) is 0 Å². The van der Waals surface area contributed by atoms with Gasteiger partial charge in [-0.05, 0) is 41.5 Å². The zero-order valence-electron chi connectivity index (χ0n) is 19.4. The molecular weight excluding hydrogens is 430 g/mol. The second kappa shape index (κ2) is 10.6. The standard InChI is InChI=1S/C27H27N3O4/c1-30-16-15-28-26(30)25(20-9-12-22(32-2)13-10-20)29-27(31)21-11-14-23(24(17-21)33-3)34-18-19-7-5-4-6-8-19/h4-17,25H,18H2,1-3H3,(H,29,31)/t25-/m1/s1. The molecule has 0 saturated heterocycles. The van der Waals surface area contributed by atoms with E-state index in [-0.39, 0.29) is 5.91 Å². The van der Waals surface area contributed by atoms with Gasteiger partial charge in [0.1, 0.15) is 24.2 Å². The monoisotopic (exact) mass is 457 g/mol. The molecule has 7 nitrogen and oxygen atoms in total. The first-order chi connectivity index (χ1) is 16.6. The van der Waals surface area contributed by atoms with Crippen molar-refractivity contribution in [2.24, 2.45) is 7.05 Å².